The normalized spacial score (nSPS) is 17.2. The fourth-order valence-corrected chi connectivity index (χ4v) is 3.00. The van der Waals surface area contributed by atoms with Crippen molar-refractivity contribution >= 4 is 17.4 Å². The number of amides is 2. The number of carbonyl (C=O) groups is 1. The Labute approximate surface area is 131 Å². The second kappa shape index (κ2) is 6.20. The van der Waals surface area contributed by atoms with Gasteiger partial charge in [-0.25, -0.2) is 4.79 Å². The number of urea groups is 1. The molecule has 1 heterocycles. The molecule has 1 unspecified atom stereocenters. The lowest BCUT2D eigenvalue weighted by Gasteiger charge is -2.37. The van der Waals surface area contributed by atoms with Gasteiger partial charge in [-0.1, -0.05) is 36.4 Å². The molecular formula is C18H21N3O. The van der Waals surface area contributed by atoms with Crippen molar-refractivity contribution in [2.24, 2.45) is 0 Å². The standard InChI is InChI=1S/C18H21N3O/c1-20(2)16-12-13-21(17-11-7-6-10-15(16)17)18(22)19-14-8-4-3-5-9-14/h3-11,16H,12-13H2,1-2H3,(H,19,22). The van der Waals surface area contributed by atoms with Crippen LogP contribution in [0.25, 0.3) is 0 Å². The van der Waals surface area contributed by atoms with Gasteiger partial charge in [0.2, 0.25) is 0 Å². The average molecular weight is 295 g/mol. The van der Waals surface area contributed by atoms with E-state index in [4.69, 9.17) is 0 Å². The van der Waals surface area contributed by atoms with Crippen LogP contribution in [0.4, 0.5) is 16.2 Å². The number of carbonyl (C=O) groups excluding carboxylic acids is 1. The van der Waals surface area contributed by atoms with Gasteiger partial charge in [-0.15, -0.1) is 0 Å². The molecule has 0 aliphatic carbocycles. The Morgan fingerprint density at radius 2 is 1.77 bits per heavy atom. The van der Waals surface area contributed by atoms with Gasteiger partial charge in [-0.2, -0.15) is 0 Å². The number of rotatable bonds is 2. The first-order chi connectivity index (χ1) is 10.7. The smallest absolute Gasteiger partial charge is 0.308 e. The largest absolute Gasteiger partial charge is 0.326 e. The van der Waals surface area contributed by atoms with Gasteiger partial charge in [-0.05, 0) is 44.3 Å². The van der Waals surface area contributed by atoms with Crippen LogP contribution in [0.1, 0.15) is 18.0 Å². The van der Waals surface area contributed by atoms with Crippen LogP contribution in [-0.2, 0) is 0 Å². The van der Waals surface area contributed by atoms with Gasteiger partial charge < -0.3 is 10.2 Å². The first-order valence-corrected chi connectivity index (χ1v) is 7.56. The van der Waals surface area contributed by atoms with E-state index < -0.39 is 0 Å². The zero-order valence-electron chi connectivity index (χ0n) is 13.0. The van der Waals surface area contributed by atoms with Gasteiger partial charge in [0.15, 0.2) is 0 Å². The molecule has 2 aromatic carbocycles. The van der Waals surface area contributed by atoms with E-state index in [2.05, 4.69) is 30.4 Å². The molecule has 1 aliphatic rings. The minimum Gasteiger partial charge on any atom is -0.308 e. The number of fused-ring (bicyclic) bond motifs is 1. The van der Waals surface area contributed by atoms with Gasteiger partial charge in [0.25, 0.3) is 0 Å². The summed E-state index contributed by atoms with van der Waals surface area (Å²) in [5, 5.41) is 2.97. The molecule has 22 heavy (non-hydrogen) atoms. The minimum atomic E-state index is -0.0733. The van der Waals surface area contributed by atoms with Gasteiger partial charge in [0, 0.05) is 18.3 Å². The van der Waals surface area contributed by atoms with Crippen LogP contribution in [0.2, 0.25) is 0 Å². The van der Waals surface area contributed by atoms with Crippen LogP contribution >= 0.6 is 0 Å². The molecule has 114 valence electrons. The molecule has 1 N–H and O–H groups in total. The highest BCUT2D eigenvalue weighted by Gasteiger charge is 2.29. The van der Waals surface area contributed by atoms with Gasteiger partial charge in [-0.3, -0.25) is 4.90 Å². The van der Waals surface area contributed by atoms with Crippen molar-refractivity contribution in [3.63, 3.8) is 0 Å². The van der Waals surface area contributed by atoms with Crippen molar-refractivity contribution < 1.29 is 4.79 Å². The lowest BCUT2D eigenvalue weighted by molar-refractivity contribution is 0.250. The second-order valence-electron chi connectivity index (χ2n) is 5.77. The van der Waals surface area contributed by atoms with Crippen molar-refractivity contribution in [3.8, 4) is 0 Å². The van der Waals surface area contributed by atoms with E-state index >= 15 is 0 Å². The summed E-state index contributed by atoms with van der Waals surface area (Å²) in [4.78, 5) is 16.7. The summed E-state index contributed by atoms with van der Waals surface area (Å²) in [6.45, 7) is 0.721. The van der Waals surface area contributed by atoms with Crippen molar-refractivity contribution in [2.45, 2.75) is 12.5 Å². The van der Waals surface area contributed by atoms with E-state index in [9.17, 15) is 4.79 Å². The zero-order chi connectivity index (χ0) is 15.5. The second-order valence-corrected chi connectivity index (χ2v) is 5.77. The molecule has 2 amide bonds. The highest BCUT2D eigenvalue weighted by Crippen LogP contribution is 2.36. The molecule has 1 aliphatic heterocycles. The number of anilines is 2. The number of hydrogen-bond donors (Lipinski definition) is 1. The van der Waals surface area contributed by atoms with E-state index in [1.807, 2.05) is 53.4 Å². The lowest BCUT2D eigenvalue weighted by Crippen LogP contribution is -2.41. The van der Waals surface area contributed by atoms with E-state index in [-0.39, 0.29) is 6.03 Å². The first-order valence-electron chi connectivity index (χ1n) is 7.56. The maximum absolute atomic E-state index is 12.6. The topological polar surface area (TPSA) is 35.6 Å². The quantitative estimate of drug-likeness (QED) is 0.916. The third kappa shape index (κ3) is 2.83. The third-order valence-corrected chi connectivity index (χ3v) is 4.11. The Kier molecular flexibility index (Phi) is 4.11. The Morgan fingerprint density at radius 1 is 1.09 bits per heavy atom. The van der Waals surface area contributed by atoms with Crippen molar-refractivity contribution in [1.82, 2.24) is 4.90 Å². The highest BCUT2D eigenvalue weighted by atomic mass is 16.2. The predicted molar refractivity (Wildman–Crippen MR) is 90.3 cm³/mol. The minimum absolute atomic E-state index is 0.0733. The van der Waals surface area contributed by atoms with Crippen LogP contribution < -0.4 is 10.2 Å². The summed E-state index contributed by atoms with van der Waals surface area (Å²) in [7, 11) is 4.17. The molecule has 1 atom stereocenters. The highest BCUT2D eigenvalue weighted by molar-refractivity contribution is 6.02. The summed E-state index contributed by atoms with van der Waals surface area (Å²) in [5.74, 6) is 0. The maximum Gasteiger partial charge on any atom is 0.326 e. The Hall–Kier alpha value is -2.33. The molecule has 0 spiro atoms. The van der Waals surface area contributed by atoms with Crippen LogP contribution in [0.15, 0.2) is 54.6 Å². The maximum atomic E-state index is 12.6. The average Bonchev–Trinajstić information content (AvgIpc) is 2.54. The van der Waals surface area contributed by atoms with Crippen LogP contribution in [0, 0.1) is 0 Å². The summed E-state index contributed by atoms with van der Waals surface area (Å²) in [6, 6.07) is 18.0. The molecule has 3 rings (SSSR count). The van der Waals surface area contributed by atoms with Crippen LogP contribution in [0.5, 0.6) is 0 Å². The fraction of sp³-hybridized carbons (Fsp3) is 0.278. The van der Waals surface area contributed by atoms with Crippen molar-refractivity contribution in [2.75, 3.05) is 30.9 Å². The number of hydrogen-bond acceptors (Lipinski definition) is 2. The Balaban J connectivity index is 1.86. The molecular weight excluding hydrogens is 274 g/mol. The molecule has 0 saturated carbocycles. The van der Waals surface area contributed by atoms with Crippen LogP contribution in [0.3, 0.4) is 0 Å². The van der Waals surface area contributed by atoms with Crippen molar-refractivity contribution in [1.29, 1.82) is 0 Å². The summed E-state index contributed by atoms with van der Waals surface area (Å²) in [6.07, 6.45) is 0.937. The number of benzene rings is 2. The number of nitrogens with zero attached hydrogens (tertiary/aromatic N) is 2. The Bertz CT molecular complexity index is 654. The summed E-state index contributed by atoms with van der Waals surface area (Å²) >= 11 is 0. The molecule has 0 fully saturated rings. The number of nitrogens with one attached hydrogen (secondary N) is 1. The molecule has 0 saturated heterocycles. The molecule has 0 aromatic heterocycles. The Morgan fingerprint density at radius 3 is 2.50 bits per heavy atom. The SMILES string of the molecule is CN(C)C1CCN(C(=O)Nc2ccccc2)c2ccccc21. The van der Waals surface area contributed by atoms with E-state index in [0.717, 1.165) is 24.3 Å². The zero-order valence-corrected chi connectivity index (χ0v) is 13.0. The van der Waals surface area contributed by atoms with Crippen LogP contribution in [-0.4, -0.2) is 31.6 Å². The molecule has 2 aromatic rings. The van der Waals surface area contributed by atoms with Gasteiger partial charge in [0.1, 0.15) is 0 Å². The third-order valence-electron chi connectivity index (χ3n) is 4.11. The summed E-state index contributed by atoms with van der Waals surface area (Å²) < 4.78 is 0. The molecule has 4 nitrogen and oxygen atoms in total. The van der Waals surface area contributed by atoms with Gasteiger partial charge >= 0.3 is 6.03 Å². The van der Waals surface area contributed by atoms with E-state index in [1.165, 1.54) is 5.56 Å². The monoisotopic (exact) mass is 295 g/mol. The molecule has 0 radical (unpaired) electrons. The van der Waals surface area contributed by atoms with E-state index in [1.54, 1.807) is 0 Å². The predicted octanol–water partition coefficient (Wildman–Crippen LogP) is 3.73. The van der Waals surface area contributed by atoms with Crippen molar-refractivity contribution in [3.05, 3.63) is 60.2 Å². The lowest BCUT2D eigenvalue weighted by atomic mass is 9.96. The number of para-hydroxylation sites is 2. The van der Waals surface area contributed by atoms with Gasteiger partial charge in [0.05, 0.1) is 5.69 Å². The molecule has 4 heteroatoms. The fourth-order valence-electron chi connectivity index (χ4n) is 3.00. The molecule has 0 bridgehead atoms. The summed E-state index contributed by atoms with van der Waals surface area (Å²) in [5.41, 5.74) is 3.03. The van der Waals surface area contributed by atoms with E-state index in [0.29, 0.717) is 6.04 Å². The first kappa shape index (κ1) is 14.6.